The molecule has 0 fully saturated rings. The van der Waals surface area contributed by atoms with Crippen LogP contribution in [0.25, 0.3) is 0 Å². The number of benzene rings is 2. The minimum absolute atomic E-state index is 0.265. The van der Waals surface area contributed by atoms with Gasteiger partial charge in [0.25, 0.3) is 0 Å². The molecule has 0 radical (unpaired) electrons. The Balaban J connectivity index is 2.16. The third kappa shape index (κ3) is 3.16. The highest BCUT2D eigenvalue weighted by atomic mass is 16.5. The summed E-state index contributed by atoms with van der Waals surface area (Å²) in [5.41, 5.74) is 8.41. The van der Waals surface area contributed by atoms with E-state index in [0.29, 0.717) is 11.4 Å². The Kier molecular flexibility index (Phi) is 4.38. The average molecular weight is 270 g/mol. The van der Waals surface area contributed by atoms with Crippen LogP contribution in [0.15, 0.2) is 48.5 Å². The lowest BCUT2D eigenvalue weighted by molar-refractivity contribution is -0.117. The Hall–Kier alpha value is -2.33. The summed E-state index contributed by atoms with van der Waals surface area (Å²) in [6.07, 6.45) is 0. The van der Waals surface area contributed by atoms with Gasteiger partial charge in [0, 0.05) is 0 Å². The van der Waals surface area contributed by atoms with Crippen molar-refractivity contribution in [3.63, 3.8) is 0 Å². The first-order valence-corrected chi connectivity index (χ1v) is 6.38. The van der Waals surface area contributed by atoms with Crippen molar-refractivity contribution in [3.8, 4) is 5.75 Å². The van der Waals surface area contributed by atoms with Crippen molar-refractivity contribution in [2.45, 2.75) is 13.0 Å². The van der Waals surface area contributed by atoms with Gasteiger partial charge in [-0.25, -0.2) is 0 Å². The van der Waals surface area contributed by atoms with Crippen molar-refractivity contribution in [1.82, 2.24) is 0 Å². The van der Waals surface area contributed by atoms with Gasteiger partial charge in [0.2, 0.25) is 5.91 Å². The third-order valence-electron chi connectivity index (χ3n) is 3.06. The van der Waals surface area contributed by atoms with E-state index in [1.807, 2.05) is 55.5 Å². The zero-order valence-corrected chi connectivity index (χ0v) is 11.6. The zero-order chi connectivity index (χ0) is 14.5. The van der Waals surface area contributed by atoms with Crippen LogP contribution in [0.3, 0.4) is 0 Å². The maximum Gasteiger partial charge on any atom is 0.245 e. The summed E-state index contributed by atoms with van der Waals surface area (Å²) in [5.74, 6) is 0.358. The van der Waals surface area contributed by atoms with Gasteiger partial charge >= 0.3 is 0 Å². The number of carbonyl (C=O) groups excluding carboxylic acids is 1. The number of rotatable bonds is 4. The number of methoxy groups -OCH3 is 1. The lowest BCUT2D eigenvalue weighted by atomic mass is 10.1. The molecule has 4 heteroatoms. The molecular weight excluding hydrogens is 252 g/mol. The van der Waals surface area contributed by atoms with E-state index in [9.17, 15) is 4.79 Å². The van der Waals surface area contributed by atoms with E-state index in [1.165, 1.54) is 0 Å². The molecule has 0 unspecified atom stereocenters. The molecule has 0 spiro atoms. The molecule has 0 aliphatic heterocycles. The number of ether oxygens (including phenoxy) is 1. The van der Waals surface area contributed by atoms with Crippen molar-refractivity contribution in [1.29, 1.82) is 0 Å². The van der Waals surface area contributed by atoms with Crippen LogP contribution in [0, 0.1) is 6.92 Å². The maximum absolute atomic E-state index is 12.2. The second-order valence-electron chi connectivity index (χ2n) is 4.58. The molecule has 0 aromatic heterocycles. The van der Waals surface area contributed by atoms with Gasteiger partial charge in [-0.3, -0.25) is 4.79 Å². The molecule has 0 heterocycles. The molecule has 0 saturated heterocycles. The summed E-state index contributed by atoms with van der Waals surface area (Å²) in [6, 6.07) is 14.1. The van der Waals surface area contributed by atoms with E-state index in [4.69, 9.17) is 10.5 Å². The van der Waals surface area contributed by atoms with Gasteiger partial charge in [-0.2, -0.15) is 0 Å². The van der Waals surface area contributed by atoms with Gasteiger partial charge in [0.1, 0.15) is 11.8 Å². The van der Waals surface area contributed by atoms with Gasteiger partial charge in [-0.05, 0) is 30.2 Å². The first kappa shape index (κ1) is 14.1. The van der Waals surface area contributed by atoms with Crippen LogP contribution in [0.1, 0.15) is 17.2 Å². The normalized spacial score (nSPS) is 11.8. The lowest BCUT2D eigenvalue weighted by Gasteiger charge is -2.15. The number of hydrogen-bond acceptors (Lipinski definition) is 3. The van der Waals surface area contributed by atoms with Gasteiger partial charge < -0.3 is 15.8 Å². The Morgan fingerprint density at radius 1 is 1.20 bits per heavy atom. The van der Waals surface area contributed by atoms with E-state index in [2.05, 4.69) is 5.32 Å². The molecule has 1 atom stereocenters. The summed E-state index contributed by atoms with van der Waals surface area (Å²) in [4.78, 5) is 12.2. The van der Waals surface area contributed by atoms with Crippen molar-refractivity contribution in [2.24, 2.45) is 5.73 Å². The molecule has 1 amide bonds. The highest BCUT2D eigenvalue weighted by Gasteiger charge is 2.17. The Bertz CT molecular complexity index is 597. The van der Waals surface area contributed by atoms with Crippen LogP contribution >= 0.6 is 0 Å². The first-order valence-electron chi connectivity index (χ1n) is 6.38. The number of hydrogen-bond donors (Lipinski definition) is 2. The molecule has 2 aromatic carbocycles. The summed E-state index contributed by atoms with van der Waals surface area (Å²) < 4.78 is 5.26. The second kappa shape index (κ2) is 6.21. The van der Waals surface area contributed by atoms with Crippen molar-refractivity contribution >= 4 is 11.6 Å². The molecule has 2 rings (SSSR count). The number of nitrogens with two attached hydrogens (primary N) is 1. The number of anilines is 1. The number of carbonyl (C=O) groups is 1. The quantitative estimate of drug-likeness (QED) is 0.897. The Labute approximate surface area is 118 Å². The average Bonchev–Trinajstić information content (AvgIpc) is 2.49. The number of nitrogens with one attached hydrogen (secondary N) is 1. The molecule has 20 heavy (non-hydrogen) atoms. The number of aryl methyl sites for hydroxylation is 1. The van der Waals surface area contributed by atoms with Crippen molar-refractivity contribution < 1.29 is 9.53 Å². The van der Waals surface area contributed by atoms with Crippen LogP contribution < -0.4 is 15.8 Å². The topological polar surface area (TPSA) is 64.3 Å². The summed E-state index contributed by atoms with van der Waals surface area (Å²) in [6.45, 7) is 1.96. The fourth-order valence-corrected chi connectivity index (χ4v) is 1.92. The molecular formula is C16H18N2O2. The van der Waals surface area contributed by atoms with Gasteiger partial charge in [0.15, 0.2) is 0 Å². The van der Waals surface area contributed by atoms with Crippen molar-refractivity contribution in [2.75, 3.05) is 12.4 Å². The highest BCUT2D eigenvalue weighted by molar-refractivity contribution is 5.96. The predicted octanol–water partition coefficient (Wildman–Crippen LogP) is 2.64. The molecule has 0 aliphatic carbocycles. The number of amides is 1. The van der Waals surface area contributed by atoms with Crippen LogP contribution in [0.5, 0.6) is 5.75 Å². The van der Waals surface area contributed by atoms with Crippen molar-refractivity contribution in [3.05, 3.63) is 59.7 Å². The monoisotopic (exact) mass is 270 g/mol. The molecule has 0 bridgehead atoms. The SMILES string of the molecule is COc1cc(C)ccc1NC(=O)[C@@H](N)c1ccccc1. The van der Waals surface area contributed by atoms with Gasteiger partial charge in [-0.1, -0.05) is 36.4 Å². The van der Waals surface area contributed by atoms with E-state index in [0.717, 1.165) is 11.1 Å². The van der Waals surface area contributed by atoms with Gasteiger partial charge in [-0.15, -0.1) is 0 Å². The van der Waals surface area contributed by atoms with E-state index in [1.54, 1.807) is 7.11 Å². The largest absolute Gasteiger partial charge is 0.495 e. The second-order valence-corrected chi connectivity index (χ2v) is 4.58. The minimum atomic E-state index is -0.706. The smallest absolute Gasteiger partial charge is 0.245 e. The van der Waals surface area contributed by atoms with Crippen LogP contribution in [0.4, 0.5) is 5.69 Å². The Morgan fingerprint density at radius 2 is 1.90 bits per heavy atom. The van der Waals surface area contributed by atoms with Crippen LogP contribution in [-0.4, -0.2) is 13.0 Å². The summed E-state index contributed by atoms with van der Waals surface area (Å²) in [5, 5.41) is 2.80. The molecule has 104 valence electrons. The summed E-state index contributed by atoms with van der Waals surface area (Å²) >= 11 is 0. The fraction of sp³-hybridized carbons (Fsp3) is 0.188. The maximum atomic E-state index is 12.2. The molecule has 0 saturated carbocycles. The molecule has 4 nitrogen and oxygen atoms in total. The lowest BCUT2D eigenvalue weighted by Crippen LogP contribution is -2.27. The minimum Gasteiger partial charge on any atom is -0.495 e. The summed E-state index contributed by atoms with van der Waals surface area (Å²) in [7, 11) is 1.57. The van der Waals surface area contributed by atoms with E-state index >= 15 is 0 Å². The molecule has 3 N–H and O–H groups in total. The van der Waals surface area contributed by atoms with Crippen LogP contribution in [0.2, 0.25) is 0 Å². The molecule has 2 aromatic rings. The third-order valence-corrected chi connectivity index (χ3v) is 3.06. The highest BCUT2D eigenvalue weighted by Crippen LogP contribution is 2.26. The van der Waals surface area contributed by atoms with E-state index < -0.39 is 6.04 Å². The first-order chi connectivity index (χ1) is 9.61. The zero-order valence-electron chi connectivity index (χ0n) is 11.6. The molecule has 0 aliphatic rings. The van der Waals surface area contributed by atoms with Crippen LogP contribution in [-0.2, 0) is 4.79 Å². The standard InChI is InChI=1S/C16H18N2O2/c1-11-8-9-13(14(10-11)20-2)18-16(19)15(17)12-6-4-3-5-7-12/h3-10,15H,17H2,1-2H3,(H,18,19)/t15-/m0/s1. The fourth-order valence-electron chi connectivity index (χ4n) is 1.92. The predicted molar refractivity (Wildman–Crippen MR) is 79.7 cm³/mol. The van der Waals surface area contributed by atoms with E-state index in [-0.39, 0.29) is 5.91 Å². The van der Waals surface area contributed by atoms with Gasteiger partial charge in [0.05, 0.1) is 12.8 Å². The Morgan fingerprint density at radius 3 is 2.55 bits per heavy atom.